The quantitative estimate of drug-likeness (QED) is 0.622. The van der Waals surface area contributed by atoms with Crippen molar-refractivity contribution in [1.29, 1.82) is 0 Å². The summed E-state index contributed by atoms with van der Waals surface area (Å²) in [7, 11) is 1.34. The number of nitrogens with one attached hydrogen (secondary N) is 2. The second-order valence-corrected chi connectivity index (χ2v) is 6.95. The molecular weight excluding hydrogens is 370 g/mol. The van der Waals surface area contributed by atoms with Gasteiger partial charge in [-0.1, -0.05) is 11.6 Å². The van der Waals surface area contributed by atoms with Gasteiger partial charge in [0.1, 0.15) is 4.88 Å². The Morgan fingerprint density at radius 2 is 2.17 bits per heavy atom. The predicted molar refractivity (Wildman–Crippen MR) is 99.9 cm³/mol. The van der Waals surface area contributed by atoms with E-state index in [1.807, 2.05) is 23.2 Å². The van der Waals surface area contributed by atoms with Gasteiger partial charge in [-0.3, -0.25) is 5.43 Å². The van der Waals surface area contributed by atoms with Gasteiger partial charge < -0.3 is 14.8 Å². The van der Waals surface area contributed by atoms with Gasteiger partial charge in [-0.15, -0.1) is 11.3 Å². The van der Waals surface area contributed by atoms with Crippen molar-refractivity contribution in [2.75, 3.05) is 38.7 Å². The summed E-state index contributed by atoms with van der Waals surface area (Å²) in [6.07, 6.45) is 0. The number of benzene rings is 1. The monoisotopic (exact) mass is 385 g/mol. The van der Waals surface area contributed by atoms with Gasteiger partial charge in [0.2, 0.25) is 0 Å². The highest BCUT2D eigenvalue weighted by Gasteiger charge is 2.18. The Balaban J connectivity index is 1.73. The highest BCUT2D eigenvalue weighted by atomic mass is 35.5. The number of morpholine rings is 1. The van der Waals surface area contributed by atoms with Crippen LogP contribution in [0.1, 0.15) is 9.67 Å². The van der Waals surface area contributed by atoms with Crippen LogP contribution < -0.4 is 10.7 Å². The molecular formula is C15H16ClN3O3S2. The zero-order chi connectivity index (χ0) is 17.1. The third kappa shape index (κ3) is 3.79. The predicted octanol–water partition coefficient (Wildman–Crippen LogP) is 2.87. The molecule has 1 aliphatic heterocycles. The van der Waals surface area contributed by atoms with Crippen LogP contribution in [-0.2, 0) is 9.47 Å². The number of methoxy groups -OCH3 is 1. The lowest BCUT2D eigenvalue weighted by Crippen LogP contribution is -2.49. The maximum Gasteiger partial charge on any atom is 0.349 e. The number of carbonyl (C=O) groups excluding carboxylic acids is 1. The molecule has 2 heterocycles. The molecule has 0 radical (unpaired) electrons. The Kier molecular flexibility index (Phi) is 5.52. The fourth-order valence-corrected chi connectivity index (χ4v) is 4.06. The Labute approximate surface area is 153 Å². The molecule has 1 aromatic carbocycles. The number of ether oxygens (including phenoxy) is 2. The molecule has 1 saturated heterocycles. The first-order valence-electron chi connectivity index (χ1n) is 7.29. The SMILES string of the molecule is COC(=O)c1sc2cc(NC(=S)NN3CCOCC3)ccc2c1Cl. The van der Waals surface area contributed by atoms with Crippen LogP contribution in [0.5, 0.6) is 0 Å². The van der Waals surface area contributed by atoms with Crippen LogP contribution in [0, 0.1) is 0 Å². The molecule has 9 heteroatoms. The van der Waals surface area contributed by atoms with E-state index in [9.17, 15) is 4.79 Å². The molecule has 0 saturated carbocycles. The molecule has 128 valence electrons. The van der Waals surface area contributed by atoms with E-state index >= 15 is 0 Å². The first-order valence-corrected chi connectivity index (χ1v) is 8.89. The second-order valence-electron chi connectivity index (χ2n) is 5.11. The van der Waals surface area contributed by atoms with Crippen molar-refractivity contribution in [3.8, 4) is 0 Å². The van der Waals surface area contributed by atoms with Crippen molar-refractivity contribution in [3.63, 3.8) is 0 Å². The summed E-state index contributed by atoms with van der Waals surface area (Å²) >= 11 is 12.9. The number of nitrogens with zero attached hydrogens (tertiary/aromatic N) is 1. The molecule has 1 fully saturated rings. The smallest absolute Gasteiger partial charge is 0.349 e. The highest BCUT2D eigenvalue weighted by molar-refractivity contribution is 7.80. The van der Waals surface area contributed by atoms with E-state index in [2.05, 4.69) is 10.7 Å². The van der Waals surface area contributed by atoms with Gasteiger partial charge in [-0.05, 0) is 30.4 Å². The minimum Gasteiger partial charge on any atom is -0.465 e. The van der Waals surface area contributed by atoms with Crippen LogP contribution >= 0.6 is 35.2 Å². The molecule has 0 unspecified atom stereocenters. The standard InChI is InChI=1S/C15H16ClN3O3S2/c1-21-14(20)13-12(16)10-3-2-9(8-11(10)24-13)17-15(23)18-19-4-6-22-7-5-19/h2-3,8H,4-7H2,1H3,(H2,17,18,23). The van der Waals surface area contributed by atoms with Gasteiger partial charge in [0.25, 0.3) is 0 Å². The van der Waals surface area contributed by atoms with Crippen LogP contribution in [0.25, 0.3) is 10.1 Å². The third-order valence-corrected chi connectivity index (χ3v) is 5.36. The van der Waals surface area contributed by atoms with Crippen molar-refractivity contribution in [1.82, 2.24) is 10.4 Å². The molecule has 6 nitrogen and oxygen atoms in total. The van der Waals surface area contributed by atoms with Crippen LogP contribution in [0.4, 0.5) is 5.69 Å². The Morgan fingerprint density at radius 3 is 2.88 bits per heavy atom. The summed E-state index contributed by atoms with van der Waals surface area (Å²) in [6.45, 7) is 2.94. The molecule has 0 spiro atoms. The number of halogens is 1. The second kappa shape index (κ2) is 7.62. The van der Waals surface area contributed by atoms with E-state index in [0.29, 0.717) is 28.2 Å². The Morgan fingerprint density at radius 1 is 1.42 bits per heavy atom. The van der Waals surface area contributed by atoms with Gasteiger partial charge in [-0.2, -0.15) is 0 Å². The number of hydrogen-bond donors (Lipinski definition) is 2. The normalized spacial score (nSPS) is 15.2. The molecule has 0 bridgehead atoms. The summed E-state index contributed by atoms with van der Waals surface area (Å²) < 4.78 is 10.9. The number of esters is 1. The lowest BCUT2D eigenvalue weighted by Gasteiger charge is -2.28. The number of thiocarbonyl (C=S) groups is 1. The van der Waals surface area contributed by atoms with Crippen LogP contribution in [0.3, 0.4) is 0 Å². The summed E-state index contributed by atoms with van der Waals surface area (Å²) in [5.74, 6) is -0.430. The van der Waals surface area contributed by atoms with Crippen molar-refractivity contribution >= 4 is 62.0 Å². The van der Waals surface area contributed by atoms with Crippen molar-refractivity contribution in [2.45, 2.75) is 0 Å². The lowest BCUT2D eigenvalue weighted by molar-refractivity contribution is 0.0252. The van der Waals surface area contributed by atoms with E-state index in [1.54, 1.807) is 0 Å². The maximum atomic E-state index is 11.7. The van der Waals surface area contributed by atoms with E-state index in [-0.39, 0.29) is 0 Å². The average Bonchev–Trinajstić information content (AvgIpc) is 2.91. The lowest BCUT2D eigenvalue weighted by atomic mass is 10.2. The number of rotatable bonds is 3. The van der Waals surface area contributed by atoms with E-state index in [0.717, 1.165) is 28.9 Å². The average molecular weight is 386 g/mol. The zero-order valence-electron chi connectivity index (χ0n) is 12.9. The van der Waals surface area contributed by atoms with Crippen molar-refractivity contribution in [2.24, 2.45) is 0 Å². The van der Waals surface area contributed by atoms with Gasteiger partial charge in [0.15, 0.2) is 5.11 Å². The Hall–Kier alpha value is -1.45. The third-order valence-electron chi connectivity index (χ3n) is 3.53. The topological polar surface area (TPSA) is 62.8 Å². The van der Waals surface area contributed by atoms with E-state index in [1.165, 1.54) is 18.4 Å². The van der Waals surface area contributed by atoms with Crippen molar-refractivity contribution in [3.05, 3.63) is 28.1 Å². The number of hydrogen-bond acceptors (Lipinski definition) is 6. The van der Waals surface area contributed by atoms with E-state index in [4.69, 9.17) is 33.3 Å². The summed E-state index contributed by atoms with van der Waals surface area (Å²) in [4.78, 5) is 12.1. The highest BCUT2D eigenvalue weighted by Crippen LogP contribution is 2.37. The largest absolute Gasteiger partial charge is 0.465 e. The molecule has 3 rings (SSSR count). The first-order chi connectivity index (χ1) is 11.6. The fraction of sp³-hybridized carbons (Fsp3) is 0.333. The molecule has 24 heavy (non-hydrogen) atoms. The molecule has 0 amide bonds. The van der Waals surface area contributed by atoms with Gasteiger partial charge in [0.05, 0.1) is 25.3 Å². The minimum absolute atomic E-state index is 0.403. The van der Waals surface area contributed by atoms with Gasteiger partial charge >= 0.3 is 5.97 Å². The minimum atomic E-state index is -0.430. The molecule has 2 aromatic rings. The van der Waals surface area contributed by atoms with Gasteiger partial charge in [0, 0.05) is 28.9 Å². The molecule has 0 aliphatic carbocycles. The Bertz CT molecular complexity index is 775. The number of anilines is 1. The fourth-order valence-electron chi connectivity index (χ4n) is 2.34. The summed E-state index contributed by atoms with van der Waals surface area (Å²) in [5.41, 5.74) is 3.96. The summed E-state index contributed by atoms with van der Waals surface area (Å²) in [6, 6.07) is 5.64. The molecule has 2 N–H and O–H groups in total. The zero-order valence-corrected chi connectivity index (χ0v) is 15.3. The number of fused-ring (bicyclic) bond motifs is 1. The summed E-state index contributed by atoms with van der Waals surface area (Å²) in [5, 5.41) is 6.89. The van der Waals surface area contributed by atoms with Crippen LogP contribution in [0.2, 0.25) is 5.02 Å². The molecule has 1 aliphatic rings. The molecule has 1 aromatic heterocycles. The van der Waals surface area contributed by atoms with Crippen LogP contribution in [-0.4, -0.2) is 49.5 Å². The molecule has 0 atom stereocenters. The number of hydrazine groups is 1. The number of thiophene rings is 1. The maximum absolute atomic E-state index is 11.7. The number of carbonyl (C=O) groups is 1. The van der Waals surface area contributed by atoms with E-state index < -0.39 is 5.97 Å². The van der Waals surface area contributed by atoms with Crippen molar-refractivity contribution < 1.29 is 14.3 Å². The van der Waals surface area contributed by atoms with Crippen LogP contribution in [0.15, 0.2) is 18.2 Å². The first kappa shape index (κ1) is 17.4. The van der Waals surface area contributed by atoms with Gasteiger partial charge in [-0.25, -0.2) is 9.80 Å².